The molecule has 0 saturated carbocycles. The van der Waals surface area contributed by atoms with E-state index in [2.05, 4.69) is 16.0 Å². The Morgan fingerprint density at radius 2 is 1.44 bits per heavy atom. The van der Waals surface area contributed by atoms with Crippen molar-refractivity contribution in [2.45, 2.75) is 44.6 Å². The van der Waals surface area contributed by atoms with Gasteiger partial charge in [0.25, 0.3) is 0 Å². The van der Waals surface area contributed by atoms with Crippen LogP contribution in [-0.4, -0.2) is 49.6 Å². The second kappa shape index (κ2) is 10.8. The van der Waals surface area contributed by atoms with E-state index in [-0.39, 0.29) is 41.6 Å². The molecule has 1 aliphatic heterocycles. The molecule has 1 atom stereocenters. The highest BCUT2D eigenvalue weighted by Gasteiger charge is 2.32. The molecule has 9 nitrogen and oxygen atoms in total. The van der Waals surface area contributed by atoms with Crippen LogP contribution >= 0.6 is 0 Å². The van der Waals surface area contributed by atoms with E-state index in [1.54, 1.807) is 55.5 Å². The van der Waals surface area contributed by atoms with E-state index in [9.17, 15) is 22.8 Å². The van der Waals surface area contributed by atoms with E-state index in [4.69, 9.17) is 0 Å². The van der Waals surface area contributed by atoms with Gasteiger partial charge in [-0.05, 0) is 63.1 Å². The van der Waals surface area contributed by atoms with Gasteiger partial charge in [-0.2, -0.15) is 4.31 Å². The normalized spacial score (nSPS) is 15.9. The molecule has 2 aromatic carbocycles. The Hall–Kier alpha value is -3.24. The van der Waals surface area contributed by atoms with Crippen molar-refractivity contribution < 1.29 is 22.8 Å². The molecule has 0 aromatic heterocycles. The van der Waals surface area contributed by atoms with E-state index in [0.29, 0.717) is 24.2 Å². The van der Waals surface area contributed by atoms with Crippen LogP contribution in [0.4, 0.5) is 11.4 Å². The Kier molecular flexibility index (Phi) is 8.06. The summed E-state index contributed by atoms with van der Waals surface area (Å²) in [5.41, 5.74) is 2.13. The number of sulfonamides is 1. The fourth-order valence-electron chi connectivity index (χ4n) is 3.71. The van der Waals surface area contributed by atoms with Crippen LogP contribution < -0.4 is 16.0 Å². The maximum Gasteiger partial charge on any atom is 0.246 e. The maximum atomic E-state index is 12.8. The minimum absolute atomic E-state index is 0.188. The number of anilines is 2. The molecule has 0 aliphatic carbocycles. The van der Waals surface area contributed by atoms with Crippen LogP contribution in [0, 0.1) is 12.8 Å². The fourth-order valence-corrected chi connectivity index (χ4v) is 5.17. The zero-order valence-corrected chi connectivity index (χ0v) is 20.3. The molecule has 1 fully saturated rings. The lowest BCUT2D eigenvalue weighted by molar-refractivity contribution is -0.129. The molecule has 0 radical (unpaired) electrons. The predicted molar refractivity (Wildman–Crippen MR) is 130 cm³/mol. The van der Waals surface area contributed by atoms with E-state index < -0.39 is 16.1 Å². The summed E-state index contributed by atoms with van der Waals surface area (Å²) < 4.78 is 27.1. The maximum absolute atomic E-state index is 12.8. The van der Waals surface area contributed by atoms with Gasteiger partial charge < -0.3 is 16.0 Å². The third-order valence-electron chi connectivity index (χ3n) is 5.71. The molecular formula is C24H30N4O5S. The standard InChI is InChI=1S/C24H30N4O5S/c1-16-4-10-22(11-5-16)34(32,33)28-14-12-19(13-15-28)24(31)25-17(2)23(30)27-21-8-6-20(7-9-21)26-18(3)29/h4-11,17,19H,12-15H2,1-3H3,(H,25,31)(H,26,29)(H,27,30). The van der Waals surface area contributed by atoms with Crippen LogP contribution in [-0.2, 0) is 24.4 Å². The van der Waals surface area contributed by atoms with Gasteiger partial charge in [0.2, 0.25) is 27.7 Å². The van der Waals surface area contributed by atoms with E-state index in [0.717, 1.165) is 5.56 Å². The third kappa shape index (κ3) is 6.42. The first-order valence-corrected chi connectivity index (χ1v) is 12.6. The van der Waals surface area contributed by atoms with Crippen LogP contribution in [0.1, 0.15) is 32.3 Å². The van der Waals surface area contributed by atoms with Crippen molar-refractivity contribution in [3.63, 3.8) is 0 Å². The number of aryl methyl sites for hydroxylation is 1. The highest BCUT2D eigenvalue weighted by molar-refractivity contribution is 7.89. The van der Waals surface area contributed by atoms with Gasteiger partial charge in [0.05, 0.1) is 4.90 Å². The van der Waals surface area contributed by atoms with Gasteiger partial charge in [0.1, 0.15) is 6.04 Å². The highest BCUT2D eigenvalue weighted by Crippen LogP contribution is 2.24. The van der Waals surface area contributed by atoms with Gasteiger partial charge in [-0.3, -0.25) is 14.4 Å². The van der Waals surface area contributed by atoms with Crippen LogP contribution in [0.25, 0.3) is 0 Å². The average molecular weight is 487 g/mol. The zero-order valence-electron chi connectivity index (χ0n) is 19.5. The summed E-state index contributed by atoms with van der Waals surface area (Å²) >= 11 is 0. The summed E-state index contributed by atoms with van der Waals surface area (Å²) in [4.78, 5) is 36.5. The topological polar surface area (TPSA) is 125 Å². The van der Waals surface area contributed by atoms with Gasteiger partial charge in [0.15, 0.2) is 0 Å². The number of hydrogen-bond acceptors (Lipinski definition) is 5. The summed E-state index contributed by atoms with van der Waals surface area (Å²) in [6.45, 7) is 5.39. The molecule has 1 aliphatic rings. The summed E-state index contributed by atoms with van der Waals surface area (Å²) in [5.74, 6) is -1.19. The predicted octanol–water partition coefficient (Wildman–Crippen LogP) is 2.50. The average Bonchev–Trinajstić information content (AvgIpc) is 2.80. The Morgan fingerprint density at radius 3 is 1.97 bits per heavy atom. The molecule has 34 heavy (non-hydrogen) atoms. The molecule has 1 heterocycles. The second-order valence-corrected chi connectivity index (χ2v) is 10.4. The van der Waals surface area contributed by atoms with Crippen molar-refractivity contribution in [1.82, 2.24) is 9.62 Å². The Balaban J connectivity index is 1.49. The number of benzene rings is 2. The summed E-state index contributed by atoms with van der Waals surface area (Å²) in [6.07, 6.45) is 0.770. The number of carbonyl (C=O) groups is 3. The molecule has 182 valence electrons. The summed E-state index contributed by atoms with van der Waals surface area (Å²) in [6, 6.07) is 12.6. The summed E-state index contributed by atoms with van der Waals surface area (Å²) in [7, 11) is -3.59. The van der Waals surface area contributed by atoms with Crippen molar-refractivity contribution in [2.24, 2.45) is 5.92 Å². The molecule has 2 aromatic rings. The molecule has 0 spiro atoms. The van der Waals surface area contributed by atoms with Gasteiger partial charge in [-0.15, -0.1) is 0 Å². The highest BCUT2D eigenvalue weighted by atomic mass is 32.2. The van der Waals surface area contributed by atoms with Gasteiger partial charge in [-0.25, -0.2) is 8.42 Å². The number of nitrogens with zero attached hydrogens (tertiary/aromatic N) is 1. The lowest BCUT2D eigenvalue weighted by Gasteiger charge is -2.31. The van der Waals surface area contributed by atoms with Crippen LogP contribution in [0.2, 0.25) is 0 Å². The molecule has 3 N–H and O–H groups in total. The molecule has 3 amide bonds. The number of nitrogens with one attached hydrogen (secondary N) is 3. The van der Waals surface area contributed by atoms with Crippen LogP contribution in [0.3, 0.4) is 0 Å². The van der Waals surface area contributed by atoms with E-state index in [1.807, 2.05) is 6.92 Å². The van der Waals surface area contributed by atoms with Crippen molar-refractivity contribution in [2.75, 3.05) is 23.7 Å². The van der Waals surface area contributed by atoms with Gasteiger partial charge >= 0.3 is 0 Å². The van der Waals surface area contributed by atoms with Crippen molar-refractivity contribution >= 4 is 39.1 Å². The second-order valence-electron chi connectivity index (χ2n) is 8.47. The Morgan fingerprint density at radius 1 is 0.912 bits per heavy atom. The van der Waals surface area contributed by atoms with Gasteiger partial charge in [0, 0.05) is 37.3 Å². The SMILES string of the molecule is CC(=O)Nc1ccc(NC(=O)C(C)NC(=O)C2CCN(S(=O)(=O)c3ccc(C)cc3)CC2)cc1. The van der Waals surface area contributed by atoms with Crippen molar-refractivity contribution in [3.05, 3.63) is 54.1 Å². The number of rotatable bonds is 7. The molecular weight excluding hydrogens is 456 g/mol. The third-order valence-corrected chi connectivity index (χ3v) is 7.62. The zero-order chi connectivity index (χ0) is 24.9. The van der Waals surface area contributed by atoms with Gasteiger partial charge in [-0.1, -0.05) is 17.7 Å². The van der Waals surface area contributed by atoms with Crippen LogP contribution in [0.15, 0.2) is 53.4 Å². The molecule has 3 rings (SSSR count). The number of hydrogen-bond donors (Lipinski definition) is 3. The number of carbonyl (C=O) groups excluding carboxylic acids is 3. The largest absolute Gasteiger partial charge is 0.344 e. The van der Waals surface area contributed by atoms with Crippen molar-refractivity contribution in [1.29, 1.82) is 0 Å². The lowest BCUT2D eigenvalue weighted by atomic mass is 9.97. The quantitative estimate of drug-likeness (QED) is 0.555. The molecule has 1 unspecified atom stereocenters. The smallest absolute Gasteiger partial charge is 0.246 e. The molecule has 10 heteroatoms. The lowest BCUT2D eigenvalue weighted by Crippen LogP contribution is -2.47. The minimum Gasteiger partial charge on any atom is -0.344 e. The molecule has 1 saturated heterocycles. The van der Waals surface area contributed by atoms with Crippen LogP contribution in [0.5, 0.6) is 0 Å². The first-order chi connectivity index (χ1) is 16.1. The van der Waals surface area contributed by atoms with E-state index >= 15 is 0 Å². The van der Waals surface area contributed by atoms with E-state index in [1.165, 1.54) is 11.2 Å². The first-order valence-electron chi connectivity index (χ1n) is 11.1. The Bertz CT molecular complexity index is 1140. The fraction of sp³-hybridized carbons (Fsp3) is 0.375. The molecule has 0 bridgehead atoms. The number of amides is 3. The summed E-state index contributed by atoms with van der Waals surface area (Å²) in [5, 5.41) is 8.09. The first kappa shape index (κ1) is 25.4. The monoisotopic (exact) mass is 486 g/mol. The van der Waals surface area contributed by atoms with Crippen molar-refractivity contribution in [3.8, 4) is 0 Å². The Labute approximate surface area is 200 Å². The number of piperidine rings is 1. The minimum atomic E-state index is -3.59.